The molecule has 136 valence electrons. The second kappa shape index (κ2) is 7.20. The minimum atomic E-state index is -0.535. The van der Waals surface area contributed by atoms with E-state index in [1.807, 2.05) is 36.5 Å². The van der Waals surface area contributed by atoms with Gasteiger partial charge in [-0.15, -0.1) is 0 Å². The van der Waals surface area contributed by atoms with Gasteiger partial charge in [0.1, 0.15) is 6.42 Å². The lowest BCUT2D eigenvalue weighted by Gasteiger charge is -2.06. The van der Waals surface area contributed by atoms with Crippen molar-refractivity contribution in [1.82, 2.24) is 9.38 Å². The van der Waals surface area contributed by atoms with Crippen LogP contribution in [-0.2, 0) is 14.3 Å². The standard InChI is InChI=1S/C20H17N3O3S/c1-2-26-19(25)11-18(24)21-14-7-5-6-13(10-14)15-12-23-16-8-3-4-9-17(16)27-20(23)22-15/h3-10,12H,2,11H2,1H3,(H,21,24). The van der Waals surface area contributed by atoms with Crippen molar-refractivity contribution in [1.29, 1.82) is 0 Å². The molecular weight excluding hydrogens is 362 g/mol. The molecule has 0 unspecified atom stereocenters. The van der Waals surface area contributed by atoms with Crippen molar-refractivity contribution < 1.29 is 14.3 Å². The van der Waals surface area contributed by atoms with Gasteiger partial charge < -0.3 is 10.1 Å². The van der Waals surface area contributed by atoms with Gasteiger partial charge in [0.2, 0.25) is 5.91 Å². The molecule has 0 aliphatic rings. The molecule has 1 amide bonds. The molecule has 2 heterocycles. The third kappa shape index (κ3) is 3.54. The highest BCUT2D eigenvalue weighted by Crippen LogP contribution is 2.30. The number of thiazole rings is 1. The van der Waals surface area contributed by atoms with Crippen LogP contribution >= 0.6 is 11.3 Å². The lowest BCUT2D eigenvalue weighted by Crippen LogP contribution is -2.18. The van der Waals surface area contributed by atoms with Crippen molar-refractivity contribution in [2.45, 2.75) is 13.3 Å². The van der Waals surface area contributed by atoms with Gasteiger partial charge in [-0.2, -0.15) is 0 Å². The van der Waals surface area contributed by atoms with E-state index in [2.05, 4.69) is 21.9 Å². The first-order valence-corrected chi connectivity index (χ1v) is 9.38. The molecule has 4 aromatic rings. The number of carbonyl (C=O) groups excluding carboxylic acids is 2. The minimum Gasteiger partial charge on any atom is -0.466 e. The Balaban J connectivity index is 1.58. The minimum absolute atomic E-state index is 0.258. The topological polar surface area (TPSA) is 72.7 Å². The number of nitrogens with zero attached hydrogens (tertiary/aromatic N) is 2. The Kier molecular flexibility index (Phi) is 4.60. The number of nitrogens with one attached hydrogen (secondary N) is 1. The summed E-state index contributed by atoms with van der Waals surface area (Å²) in [5.74, 6) is -0.935. The Morgan fingerprint density at radius 1 is 1.19 bits per heavy atom. The Morgan fingerprint density at radius 2 is 2.04 bits per heavy atom. The van der Waals surface area contributed by atoms with E-state index in [0.29, 0.717) is 5.69 Å². The third-order valence-electron chi connectivity index (χ3n) is 4.05. The molecule has 6 nitrogen and oxygen atoms in total. The fraction of sp³-hybridized carbons (Fsp3) is 0.150. The summed E-state index contributed by atoms with van der Waals surface area (Å²) in [5, 5.41) is 2.73. The van der Waals surface area contributed by atoms with Crippen molar-refractivity contribution in [2.24, 2.45) is 0 Å². The lowest BCUT2D eigenvalue weighted by molar-refractivity contribution is -0.145. The second-order valence-corrected chi connectivity index (χ2v) is 6.97. The van der Waals surface area contributed by atoms with Gasteiger partial charge in [0, 0.05) is 17.4 Å². The molecule has 2 aromatic heterocycles. The molecule has 4 rings (SSSR count). The van der Waals surface area contributed by atoms with Crippen molar-refractivity contribution in [2.75, 3.05) is 11.9 Å². The molecule has 0 aliphatic heterocycles. The highest BCUT2D eigenvalue weighted by molar-refractivity contribution is 7.23. The monoisotopic (exact) mass is 379 g/mol. The van der Waals surface area contributed by atoms with Crippen LogP contribution in [0.15, 0.2) is 54.7 Å². The first-order chi connectivity index (χ1) is 13.1. The van der Waals surface area contributed by atoms with Crippen LogP contribution in [-0.4, -0.2) is 27.9 Å². The number of anilines is 1. The smallest absolute Gasteiger partial charge is 0.315 e. The van der Waals surface area contributed by atoms with Gasteiger partial charge in [-0.25, -0.2) is 4.98 Å². The van der Waals surface area contributed by atoms with Crippen molar-refractivity contribution in [3.05, 3.63) is 54.7 Å². The fourth-order valence-electron chi connectivity index (χ4n) is 2.89. The summed E-state index contributed by atoms with van der Waals surface area (Å²) >= 11 is 1.63. The molecule has 27 heavy (non-hydrogen) atoms. The normalized spacial score (nSPS) is 11.0. The second-order valence-electron chi connectivity index (χ2n) is 5.96. The molecule has 0 radical (unpaired) electrons. The zero-order valence-electron chi connectivity index (χ0n) is 14.6. The van der Waals surface area contributed by atoms with Gasteiger partial charge >= 0.3 is 5.97 Å². The van der Waals surface area contributed by atoms with E-state index in [1.54, 1.807) is 24.3 Å². The number of para-hydroxylation sites is 1. The number of hydrogen-bond donors (Lipinski definition) is 1. The van der Waals surface area contributed by atoms with Crippen LogP contribution in [0.1, 0.15) is 13.3 Å². The summed E-state index contributed by atoms with van der Waals surface area (Å²) in [6.45, 7) is 1.96. The number of carbonyl (C=O) groups is 2. The van der Waals surface area contributed by atoms with Gasteiger partial charge in [-0.1, -0.05) is 35.6 Å². The number of esters is 1. The number of rotatable bonds is 5. The summed E-state index contributed by atoms with van der Waals surface area (Å²) in [5.41, 5.74) is 3.45. The fourth-order valence-corrected chi connectivity index (χ4v) is 3.90. The first-order valence-electron chi connectivity index (χ1n) is 8.56. The van der Waals surface area contributed by atoms with Gasteiger partial charge in [0.15, 0.2) is 4.96 Å². The van der Waals surface area contributed by atoms with Crippen LogP contribution in [0.5, 0.6) is 0 Å². The largest absolute Gasteiger partial charge is 0.466 e. The van der Waals surface area contributed by atoms with Gasteiger partial charge in [-0.05, 0) is 31.2 Å². The summed E-state index contributed by atoms with van der Waals surface area (Å²) in [7, 11) is 0. The third-order valence-corrected chi connectivity index (χ3v) is 5.09. The molecule has 0 atom stereocenters. The number of hydrogen-bond acceptors (Lipinski definition) is 5. The maximum absolute atomic E-state index is 12.0. The average molecular weight is 379 g/mol. The first kappa shape index (κ1) is 17.2. The number of ether oxygens (including phenoxy) is 1. The molecule has 0 saturated carbocycles. The van der Waals surface area contributed by atoms with Crippen LogP contribution in [0, 0.1) is 0 Å². The number of imidazole rings is 1. The Morgan fingerprint density at radius 3 is 2.89 bits per heavy atom. The van der Waals surface area contributed by atoms with Crippen molar-refractivity contribution >= 4 is 44.1 Å². The number of fused-ring (bicyclic) bond motifs is 3. The van der Waals surface area contributed by atoms with Crippen LogP contribution in [0.3, 0.4) is 0 Å². The maximum Gasteiger partial charge on any atom is 0.315 e. The SMILES string of the molecule is CCOC(=O)CC(=O)Nc1cccc(-c2cn3c(n2)sc2ccccc23)c1. The van der Waals surface area contributed by atoms with E-state index in [-0.39, 0.29) is 13.0 Å². The zero-order chi connectivity index (χ0) is 18.8. The Labute approximate surface area is 159 Å². The van der Waals surface area contributed by atoms with Crippen molar-refractivity contribution in [3.8, 4) is 11.3 Å². The summed E-state index contributed by atoms with van der Waals surface area (Å²) in [6.07, 6.45) is 1.69. The zero-order valence-corrected chi connectivity index (χ0v) is 15.5. The van der Waals surface area contributed by atoms with E-state index in [0.717, 1.165) is 21.7 Å². The quantitative estimate of drug-likeness (QED) is 0.418. The molecule has 2 aromatic carbocycles. The molecule has 0 aliphatic carbocycles. The Hall–Kier alpha value is -3.19. The van der Waals surface area contributed by atoms with E-state index < -0.39 is 11.9 Å². The highest BCUT2D eigenvalue weighted by Gasteiger charge is 2.13. The highest BCUT2D eigenvalue weighted by atomic mass is 32.1. The van der Waals surface area contributed by atoms with E-state index in [9.17, 15) is 9.59 Å². The van der Waals surface area contributed by atoms with Crippen LogP contribution in [0.4, 0.5) is 5.69 Å². The molecule has 0 bridgehead atoms. The number of amides is 1. The molecule has 0 fully saturated rings. The predicted molar refractivity (Wildman–Crippen MR) is 106 cm³/mol. The summed E-state index contributed by atoms with van der Waals surface area (Å²) in [6, 6.07) is 15.6. The maximum atomic E-state index is 12.0. The molecule has 7 heteroatoms. The Bertz CT molecular complexity index is 1150. The molecule has 0 saturated heterocycles. The number of aromatic nitrogens is 2. The predicted octanol–water partition coefficient (Wildman–Crippen LogP) is 4.11. The van der Waals surface area contributed by atoms with Gasteiger partial charge in [0.05, 0.1) is 22.5 Å². The van der Waals surface area contributed by atoms with Gasteiger partial charge in [-0.3, -0.25) is 14.0 Å². The van der Waals surface area contributed by atoms with Gasteiger partial charge in [0.25, 0.3) is 0 Å². The molecule has 1 N–H and O–H groups in total. The van der Waals surface area contributed by atoms with Crippen LogP contribution < -0.4 is 5.32 Å². The molecular formula is C20H17N3O3S. The number of benzene rings is 2. The van der Waals surface area contributed by atoms with E-state index in [1.165, 1.54) is 4.70 Å². The molecule has 0 spiro atoms. The van der Waals surface area contributed by atoms with E-state index in [4.69, 9.17) is 9.72 Å². The summed E-state index contributed by atoms with van der Waals surface area (Å²) < 4.78 is 8.05. The van der Waals surface area contributed by atoms with E-state index >= 15 is 0 Å². The van der Waals surface area contributed by atoms with Crippen LogP contribution in [0.2, 0.25) is 0 Å². The van der Waals surface area contributed by atoms with Crippen LogP contribution in [0.25, 0.3) is 26.4 Å². The average Bonchev–Trinajstić information content (AvgIpc) is 3.20. The lowest BCUT2D eigenvalue weighted by atomic mass is 10.1. The van der Waals surface area contributed by atoms with Crippen molar-refractivity contribution in [3.63, 3.8) is 0 Å². The summed E-state index contributed by atoms with van der Waals surface area (Å²) in [4.78, 5) is 29.0.